The van der Waals surface area contributed by atoms with Crippen molar-refractivity contribution in [1.82, 2.24) is 15.5 Å². The number of likely N-dealkylation sites (N-methyl/N-ethyl adjacent to an activating group) is 1. The first-order valence-corrected chi connectivity index (χ1v) is 10.1. The molecule has 0 aromatic heterocycles. The molecule has 0 saturated heterocycles. The second kappa shape index (κ2) is 10.6. The highest BCUT2D eigenvalue weighted by Crippen LogP contribution is 2.30. The molecule has 0 bridgehead atoms. The summed E-state index contributed by atoms with van der Waals surface area (Å²) in [5.41, 5.74) is 0.873. The van der Waals surface area contributed by atoms with Gasteiger partial charge in [0.05, 0.1) is 12.6 Å². The van der Waals surface area contributed by atoms with Crippen LogP contribution >= 0.6 is 24.0 Å². The molecule has 2 atom stereocenters. The van der Waals surface area contributed by atoms with Crippen LogP contribution in [0.15, 0.2) is 23.2 Å². The van der Waals surface area contributed by atoms with Gasteiger partial charge in [-0.1, -0.05) is 6.07 Å². The molecule has 1 aromatic carbocycles. The van der Waals surface area contributed by atoms with E-state index < -0.39 is 0 Å². The number of aliphatic imine (C=N–C) groups is 1. The van der Waals surface area contributed by atoms with Crippen molar-refractivity contribution < 1.29 is 9.13 Å². The summed E-state index contributed by atoms with van der Waals surface area (Å²) in [4.78, 5) is 6.71. The number of rotatable bonds is 9. The van der Waals surface area contributed by atoms with Crippen molar-refractivity contribution in [2.75, 3.05) is 27.2 Å². The van der Waals surface area contributed by atoms with Crippen LogP contribution in [0.4, 0.5) is 4.39 Å². The monoisotopic (exact) mass is 504 g/mol. The molecule has 2 saturated carbocycles. The molecule has 2 unspecified atom stereocenters. The molecule has 158 valence electrons. The molecule has 0 heterocycles. The van der Waals surface area contributed by atoms with E-state index in [1.165, 1.54) is 25.7 Å². The third-order valence-electron chi connectivity index (χ3n) is 5.59. The summed E-state index contributed by atoms with van der Waals surface area (Å²) in [6, 6.07) is 6.32. The van der Waals surface area contributed by atoms with Crippen LogP contribution in [0.2, 0.25) is 0 Å². The first-order chi connectivity index (χ1) is 13.0. The average Bonchev–Trinajstić information content (AvgIpc) is 3.56. The Hall–Kier alpha value is -1.09. The number of hydrogen-bond acceptors (Lipinski definition) is 3. The van der Waals surface area contributed by atoms with Gasteiger partial charge in [-0.25, -0.2) is 4.39 Å². The third kappa shape index (κ3) is 6.76. The van der Waals surface area contributed by atoms with Crippen LogP contribution in [0.1, 0.15) is 51.1 Å². The molecule has 1 aromatic rings. The predicted molar refractivity (Wildman–Crippen MR) is 123 cm³/mol. The zero-order valence-electron chi connectivity index (χ0n) is 17.4. The quantitative estimate of drug-likeness (QED) is 0.304. The Balaban J connectivity index is 0.00000280. The molecule has 0 aliphatic heterocycles. The standard InChI is InChI=1S/C21H33FN4O.HI/c1-14(26(4)18-8-9-18)12-24-21(23-3)25-15(2)17-7-10-20(19(22)11-17)27-13-16-5-6-16;/h7,10-11,14-16,18H,5-6,8-9,12-13H2,1-4H3,(H2,23,24,25);1H. The van der Waals surface area contributed by atoms with Crippen LogP contribution < -0.4 is 15.4 Å². The lowest BCUT2D eigenvalue weighted by atomic mass is 10.1. The van der Waals surface area contributed by atoms with E-state index >= 15 is 0 Å². The van der Waals surface area contributed by atoms with Gasteiger partial charge < -0.3 is 15.4 Å². The predicted octanol–water partition coefficient (Wildman–Crippen LogP) is 3.94. The fraction of sp³-hybridized carbons (Fsp3) is 0.667. The Labute approximate surface area is 185 Å². The Bertz CT molecular complexity index is 664. The van der Waals surface area contributed by atoms with Crippen molar-refractivity contribution in [3.63, 3.8) is 0 Å². The number of nitrogens with zero attached hydrogens (tertiary/aromatic N) is 2. The van der Waals surface area contributed by atoms with Crippen LogP contribution in [0, 0.1) is 11.7 Å². The van der Waals surface area contributed by atoms with Gasteiger partial charge in [0.1, 0.15) is 0 Å². The van der Waals surface area contributed by atoms with Crippen molar-refractivity contribution in [3.05, 3.63) is 29.6 Å². The van der Waals surface area contributed by atoms with Crippen LogP contribution in [-0.4, -0.2) is 50.2 Å². The van der Waals surface area contributed by atoms with Crippen molar-refractivity contribution in [1.29, 1.82) is 0 Å². The maximum atomic E-state index is 14.3. The molecule has 2 fully saturated rings. The highest BCUT2D eigenvalue weighted by atomic mass is 127. The number of nitrogens with one attached hydrogen (secondary N) is 2. The summed E-state index contributed by atoms with van der Waals surface area (Å²) >= 11 is 0. The minimum absolute atomic E-state index is 0. The first-order valence-electron chi connectivity index (χ1n) is 10.1. The summed E-state index contributed by atoms with van der Waals surface area (Å²) in [5.74, 6) is 1.38. The van der Waals surface area contributed by atoms with Crippen molar-refractivity contribution in [2.24, 2.45) is 10.9 Å². The van der Waals surface area contributed by atoms with E-state index in [9.17, 15) is 4.39 Å². The Morgan fingerprint density at radius 1 is 1.29 bits per heavy atom. The zero-order valence-corrected chi connectivity index (χ0v) is 19.7. The second-order valence-corrected chi connectivity index (χ2v) is 8.01. The van der Waals surface area contributed by atoms with Crippen LogP contribution in [-0.2, 0) is 0 Å². The molecule has 28 heavy (non-hydrogen) atoms. The van der Waals surface area contributed by atoms with Gasteiger partial charge in [0, 0.05) is 25.7 Å². The normalized spacial score (nSPS) is 19.0. The minimum Gasteiger partial charge on any atom is -0.490 e. The second-order valence-electron chi connectivity index (χ2n) is 8.01. The molecular weight excluding hydrogens is 470 g/mol. The summed E-state index contributed by atoms with van der Waals surface area (Å²) in [5, 5.41) is 6.72. The van der Waals surface area contributed by atoms with Crippen LogP contribution in [0.5, 0.6) is 5.75 Å². The number of halogens is 2. The molecule has 2 aliphatic rings. The van der Waals surface area contributed by atoms with E-state index in [1.54, 1.807) is 19.2 Å². The molecular formula is C21H34FIN4O. The molecule has 7 heteroatoms. The summed E-state index contributed by atoms with van der Waals surface area (Å²) in [6.45, 7) is 5.67. The lowest BCUT2D eigenvalue weighted by molar-refractivity contribution is 0.247. The van der Waals surface area contributed by atoms with Crippen molar-refractivity contribution in [3.8, 4) is 5.75 Å². The zero-order chi connectivity index (χ0) is 19.4. The van der Waals surface area contributed by atoms with Crippen LogP contribution in [0.3, 0.4) is 0 Å². The van der Waals surface area contributed by atoms with Gasteiger partial charge >= 0.3 is 0 Å². The molecule has 2 aliphatic carbocycles. The molecule has 0 radical (unpaired) electrons. The summed E-state index contributed by atoms with van der Waals surface area (Å²) < 4.78 is 19.9. The van der Waals surface area contributed by atoms with E-state index in [0.29, 0.717) is 24.3 Å². The van der Waals surface area contributed by atoms with Gasteiger partial charge in [-0.2, -0.15) is 0 Å². The fourth-order valence-corrected chi connectivity index (χ4v) is 3.11. The van der Waals surface area contributed by atoms with Gasteiger partial charge in [-0.15, -0.1) is 24.0 Å². The number of hydrogen-bond donors (Lipinski definition) is 2. The van der Waals surface area contributed by atoms with Gasteiger partial charge in [-0.05, 0) is 70.2 Å². The highest BCUT2D eigenvalue weighted by molar-refractivity contribution is 14.0. The molecule has 3 rings (SSSR count). The molecule has 0 amide bonds. The molecule has 5 nitrogen and oxygen atoms in total. The van der Waals surface area contributed by atoms with Gasteiger partial charge in [0.15, 0.2) is 17.5 Å². The average molecular weight is 504 g/mol. The lowest BCUT2D eigenvalue weighted by Gasteiger charge is -2.26. The maximum absolute atomic E-state index is 14.3. The van der Waals surface area contributed by atoms with Gasteiger partial charge in [0.2, 0.25) is 0 Å². The lowest BCUT2D eigenvalue weighted by Crippen LogP contribution is -2.46. The molecule has 0 spiro atoms. The topological polar surface area (TPSA) is 48.9 Å². The Morgan fingerprint density at radius 3 is 2.57 bits per heavy atom. The first kappa shape index (κ1) is 23.2. The van der Waals surface area contributed by atoms with Crippen molar-refractivity contribution >= 4 is 29.9 Å². The maximum Gasteiger partial charge on any atom is 0.191 e. The Morgan fingerprint density at radius 2 is 2.00 bits per heavy atom. The largest absolute Gasteiger partial charge is 0.490 e. The van der Waals surface area contributed by atoms with Gasteiger partial charge in [0.25, 0.3) is 0 Å². The Kier molecular flexibility index (Phi) is 8.80. The number of ether oxygens (including phenoxy) is 1. The highest BCUT2D eigenvalue weighted by Gasteiger charge is 2.29. The third-order valence-corrected chi connectivity index (χ3v) is 5.59. The van der Waals surface area contributed by atoms with Crippen LogP contribution in [0.25, 0.3) is 0 Å². The van der Waals surface area contributed by atoms with Gasteiger partial charge in [-0.3, -0.25) is 9.89 Å². The molecule has 2 N–H and O–H groups in total. The van der Waals surface area contributed by atoms with Crippen molar-refractivity contribution in [2.45, 2.75) is 57.7 Å². The van der Waals surface area contributed by atoms with E-state index in [1.807, 2.05) is 13.0 Å². The SMILES string of the molecule is CN=C(NCC(C)N(C)C1CC1)NC(C)c1ccc(OCC2CC2)c(F)c1.I. The summed E-state index contributed by atoms with van der Waals surface area (Å²) in [6.07, 6.45) is 5.00. The fourth-order valence-electron chi connectivity index (χ4n) is 3.11. The number of guanidine groups is 1. The van der Waals surface area contributed by atoms with E-state index in [2.05, 4.69) is 34.5 Å². The smallest absolute Gasteiger partial charge is 0.191 e. The minimum atomic E-state index is -0.301. The van der Waals surface area contributed by atoms with E-state index in [-0.39, 0.29) is 35.8 Å². The number of benzene rings is 1. The summed E-state index contributed by atoms with van der Waals surface area (Å²) in [7, 11) is 3.94. The van der Waals surface area contributed by atoms with E-state index in [4.69, 9.17) is 4.74 Å². The van der Waals surface area contributed by atoms with E-state index in [0.717, 1.165) is 24.1 Å².